The number of amides is 1. The summed E-state index contributed by atoms with van der Waals surface area (Å²) in [4.78, 5) is 24.4. The van der Waals surface area contributed by atoms with Gasteiger partial charge < -0.3 is 15.8 Å². The maximum atomic E-state index is 12.4. The number of thioether (sulfide) groups is 1. The first-order valence-corrected chi connectivity index (χ1v) is 9.09. The third kappa shape index (κ3) is 3.80. The number of dihydropyridines is 1. The molecule has 0 spiro atoms. The Bertz CT molecular complexity index is 745. The molecular weight excluding hydrogens is 346 g/mol. The van der Waals surface area contributed by atoms with Gasteiger partial charge in [-0.15, -0.1) is 11.3 Å². The highest BCUT2D eigenvalue weighted by Crippen LogP contribution is 2.42. The number of esters is 1. The molecule has 0 fully saturated rings. The van der Waals surface area contributed by atoms with Crippen molar-refractivity contribution in [2.45, 2.75) is 19.8 Å². The molecule has 0 bridgehead atoms. The number of carbonyl (C=O) groups excluding carboxylic acids is 2. The van der Waals surface area contributed by atoms with Crippen molar-refractivity contribution in [3.8, 4) is 6.07 Å². The van der Waals surface area contributed by atoms with Crippen LogP contribution in [0, 0.1) is 11.3 Å². The molecule has 1 aliphatic heterocycles. The molecule has 0 unspecified atom stereocenters. The quantitative estimate of drug-likeness (QED) is 0.751. The van der Waals surface area contributed by atoms with E-state index in [1.54, 1.807) is 13.8 Å². The SMILES string of the molecule is CCOC(=O)C1=C(C)NC(SCC(N)=O)=C(C#N)[C@@H]1c1cccs1. The zero-order valence-corrected chi connectivity index (χ0v) is 14.9. The Balaban J connectivity index is 2.51. The van der Waals surface area contributed by atoms with E-state index in [1.165, 1.54) is 11.3 Å². The lowest BCUT2D eigenvalue weighted by Gasteiger charge is -2.28. The number of primary amides is 1. The average Bonchev–Trinajstić information content (AvgIpc) is 3.06. The van der Waals surface area contributed by atoms with Crippen LogP contribution in [0.2, 0.25) is 0 Å². The van der Waals surface area contributed by atoms with Gasteiger partial charge in [-0.3, -0.25) is 4.79 Å². The normalized spacial score (nSPS) is 17.3. The lowest BCUT2D eigenvalue weighted by atomic mass is 9.87. The summed E-state index contributed by atoms with van der Waals surface area (Å²) in [6.45, 7) is 3.74. The number of thiophene rings is 1. The first-order chi connectivity index (χ1) is 11.5. The summed E-state index contributed by atoms with van der Waals surface area (Å²) in [7, 11) is 0. The van der Waals surface area contributed by atoms with Crippen molar-refractivity contribution < 1.29 is 14.3 Å². The number of allylic oxidation sites excluding steroid dienone is 2. The van der Waals surface area contributed by atoms with Gasteiger partial charge in [0, 0.05) is 10.6 Å². The molecule has 126 valence electrons. The molecule has 0 saturated carbocycles. The van der Waals surface area contributed by atoms with Gasteiger partial charge in [0.1, 0.15) is 0 Å². The van der Waals surface area contributed by atoms with Crippen LogP contribution in [-0.2, 0) is 14.3 Å². The second kappa shape index (κ2) is 8.04. The third-order valence-corrected chi connectivity index (χ3v) is 5.31. The molecule has 1 aromatic rings. The van der Waals surface area contributed by atoms with Crippen molar-refractivity contribution in [2.75, 3.05) is 12.4 Å². The minimum atomic E-state index is -0.509. The fraction of sp³-hybridized carbons (Fsp3) is 0.312. The second-order valence-corrected chi connectivity index (χ2v) is 6.91. The molecule has 0 aromatic carbocycles. The molecular formula is C16H17N3O3S2. The number of carbonyl (C=O) groups is 2. The predicted octanol–water partition coefficient (Wildman–Crippen LogP) is 2.23. The van der Waals surface area contributed by atoms with E-state index in [1.807, 2.05) is 17.5 Å². The highest BCUT2D eigenvalue weighted by Gasteiger charge is 2.36. The molecule has 3 N–H and O–H groups in total. The topological polar surface area (TPSA) is 105 Å². The Kier molecular flexibility index (Phi) is 6.06. The van der Waals surface area contributed by atoms with E-state index < -0.39 is 17.8 Å². The fourth-order valence-corrected chi connectivity index (χ4v) is 4.06. The molecule has 2 heterocycles. The van der Waals surface area contributed by atoms with Crippen molar-refractivity contribution in [1.82, 2.24) is 5.32 Å². The van der Waals surface area contributed by atoms with Gasteiger partial charge in [0.15, 0.2) is 0 Å². The molecule has 6 nitrogen and oxygen atoms in total. The van der Waals surface area contributed by atoms with Crippen LogP contribution in [0.15, 0.2) is 39.4 Å². The van der Waals surface area contributed by atoms with Gasteiger partial charge in [-0.2, -0.15) is 5.26 Å². The van der Waals surface area contributed by atoms with Crippen molar-refractivity contribution in [1.29, 1.82) is 5.26 Å². The standard InChI is InChI=1S/C16H17N3O3S2/c1-3-22-16(21)13-9(2)19-15(24-8-12(18)20)10(7-17)14(13)11-5-4-6-23-11/h4-6,14,19H,3,8H2,1-2H3,(H2,18,20)/t14-/m1/s1. The lowest BCUT2D eigenvalue weighted by Crippen LogP contribution is -2.29. The molecule has 1 aromatic heterocycles. The summed E-state index contributed by atoms with van der Waals surface area (Å²) in [5.41, 5.74) is 6.61. The Morgan fingerprint density at radius 2 is 2.29 bits per heavy atom. The van der Waals surface area contributed by atoms with Gasteiger partial charge in [-0.05, 0) is 25.3 Å². The Labute approximate surface area is 148 Å². The van der Waals surface area contributed by atoms with Gasteiger partial charge in [0.25, 0.3) is 0 Å². The number of nitrogens with one attached hydrogen (secondary N) is 1. The molecule has 0 saturated heterocycles. The average molecular weight is 363 g/mol. The number of ether oxygens (including phenoxy) is 1. The maximum absolute atomic E-state index is 12.4. The summed E-state index contributed by atoms with van der Waals surface area (Å²) in [5, 5.41) is 15.1. The number of nitrogens with two attached hydrogens (primary N) is 1. The van der Waals surface area contributed by atoms with Crippen molar-refractivity contribution in [3.63, 3.8) is 0 Å². The summed E-state index contributed by atoms with van der Waals surface area (Å²) in [6.07, 6.45) is 0. The number of rotatable bonds is 6. The maximum Gasteiger partial charge on any atom is 0.336 e. The van der Waals surface area contributed by atoms with Gasteiger partial charge in [0.05, 0.1) is 40.5 Å². The Hall–Kier alpha value is -2.24. The van der Waals surface area contributed by atoms with Crippen LogP contribution in [0.4, 0.5) is 0 Å². The van der Waals surface area contributed by atoms with Crippen LogP contribution in [0.5, 0.6) is 0 Å². The number of hydrogen-bond acceptors (Lipinski definition) is 7. The summed E-state index contributed by atoms with van der Waals surface area (Å²) in [6, 6.07) is 5.91. The van der Waals surface area contributed by atoms with Crippen LogP contribution in [0.3, 0.4) is 0 Å². The smallest absolute Gasteiger partial charge is 0.336 e. The highest BCUT2D eigenvalue weighted by molar-refractivity contribution is 8.03. The van der Waals surface area contributed by atoms with E-state index in [4.69, 9.17) is 10.5 Å². The zero-order chi connectivity index (χ0) is 17.7. The zero-order valence-electron chi connectivity index (χ0n) is 13.3. The minimum absolute atomic E-state index is 0.0483. The van der Waals surface area contributed by atoms with Crippen LogP contribution >= 0.6 is 23.1 Å². The van der Waals surface area contributed by atoms with E-state index in [0.29, 0.717) is 21.9 Å². The molecule has 1 amide bonds. The van der Waals surface area contributed by atoms with E-state index in [-0.39, 0.29) is 12.4 Å². The molecule has 1 aliphatic rings. The molecule has 2 rings (SSSR count). The fourth-order valence-electron chi connectivity index (χ4n) is 2.39. The summed E-state index contributed by atoms with van der Waals surface area (Å²) < 4.78 is 5.16. The van der Waals surface area contributed by atoms with Gasteiger partial charge in [-0.1, -0.05) is 17.8 Å². The largest absolute Gasteiger partial charge is 0.463 e. The number of nitrogens with zero attached hydrogens (tertiary/aromatic N) is 1. The Morgan fingerprint density at radius 3 is 2.83 bits per heavy atom. The van der Waals surface area contributed by atoms with Crippen molar-refractivity contribution in [3.05, 3.63) is 44.3 Å². The molecule has 24 heavy (non-hydrogen) atoms. The highest BCUT2D eigenvalue weighted by atomic mass is 32.2. The number of nitriles is 1. The van der Waals surface area contributed by atoms with Crippen LogP contribution in [0.25, 0.3) is 0 Å². The van der Waals surface area contributed by atoms with Crippen molar-refractivity contribution >= 4 is 35.0 Å². The molecule has 8 heteroatoms. The summed E-state index contributed by atoms with van der Waals surface area (Å²) in [5.74, 6) is -1.39. The molecule has 1 atom stereocenters. The van der Waals surface area contributed by atoms with E-state index in [9.17, 15) is 14.9 Å². The minimum Gasteiger partial charge on any atom is -0.463 e. The first kappa shape index (κ1) is 18.1. The second-order valence-electron chi connectivity index (χ2n) is 4.94. The number of hydrogen-bond donors (Lipinski definition) is 2. The van der Waals surface area contributed by atoms with Gasteiger partial charge in [0.2, 0.25) is 5.91 Å². The van der Waals surface area contributed by atoms with Gasteiger partial charge in [-0.25, -0.2) is 4.79 Å². The third-order valence-electron chi connectivity index (χ3n) is 3.33. The van der Waals surface area contributed by atoms with Gasteiger partial charge >= 0.3 is 5.97 Å². The first-order valence-electron chi connectivity index (χ1n) is 7.23. The predicted molar refractivity (Wildman–Crippen MR) is 93.8 cm³/mol. The van der Waals surface area contributed by atoms with Crippen LogP contribution < -0.4 is 11.1 Å². The van der Waals surface area contributed by atoms with Crippen LogP contribution in [-0.4, -0.2) is 24.2 Å². The summed E-state index contributed by atoms with van der Waals surface area (Å²) >= 11 is 2.62. The molecule has 0 radical (unpaired) electrons. The van der Waals surface area contributed by atoms with Crippen LogP contribution in [0.1, 0.15) is 24.6 Å². The van der Waals surface area contributed by atoms with E-state index in [0.717, 1.165) is 16.6 Å². The van der Waals surface area contributed by atoms with Crippen molar-refractivity contribution in [2.24, 2.45) is 5.73 Å². The Morgan fingerprint density at radius 1 is 1.54 bits per heavy atom. The lowest BCUT2D eigenvalue weighted by molar-refractivity contribution is -0.138. The monoisotopic (exact) mass is 363 g/mol. The van der Waals surface area contributed by atoms with E-state index in [2.05, 4.69) is 11.4 Å². The van der Waals surface area contributed by atoms with E-state index >= 15 is 0 Å². The molecule has 0 aliphatic carbocycles.